The Hall–Kier alpha value is -3.96. The van der Waals surface area contributed by atoms with Gasteiger partial charge in [-0.1, -0.05) is 58.0 Å². The molecule has 1 aromatic heterocycles. The summed E-state index contributed by atoms with van der Waals surface area (Å²) in [6.07, 6.45) is 0.252. The summed E-state index contributed by atoms with van der Waals surface area (Å²) in [4.78, 5) is 65.3. The molecular weight excluding hydrogens is 494 g/mol. The van der Waals surface area contributed by atoms with E-state index in [-0.39, 0.29) is 18.4 Å². The molecule has 206 valence electrons. The summed E-state index contributed by atoms with van der Waals surface area (Å²) in [7, 11) is 1.21. The predicted octanol–water partition coefficient (Wildman–Crippen LogP) is 1.58. The van der Waals surface area contributed by atoms with E-state index in [0.29, 0.717) is 19.4 Å². The minimum Gasteiger partial charge on any atom is -0.453 e. The Bertz CT molecular complexity index is 1200. The minimum atomic E-state index is -1.03. The van der Waals surface area contributed by atoms with E-state index in [2.05, 4.69) is 20.5 Å². The van der Waals surface area contributed by atoms with Crippen LogP contribution in [0.4, 0.5) is 4.79 Å². The number of aromatic nitrogens is 2. The summed E-state index contributed by atoms with van der Waals surface area (Å²) < 4.78 is 10.8. The number of nitrogens with zero attached hydrogens (tertiary/aromatic N) is 3. The number of ether oxygens (including phenoxy) is 1. The van der Waals surface area contributed by atoms with Crippen LogP contribution in [-0.2, 0) is 20.9 Å². The molecule has 38 heavy (non-hydrogen) atoms. The van der Waals surface area contributed by atoms with Crippen LogP contribution < -0.4 is 16.4 Å². The van der Waals surface area contributed by atoms with Crippen molar-refractivity contribution in [1.29, 1.82) is 0 Å². The smallest absolute Gasteiger partial charge is 0.437 e. The third kappa shape index (κ3) is 6.67. The summed E-state index contributed by atoms with van der Waals surface area (Å²) in [5.41, 5.74) is 0.808. The second-order valence-corrected chi connectivity index (χ2v) is 9.96. The molecule has 1 aliphatic heterocycles. The van der Waals surface area contributed by atoms with Crippen LogP contribution in [0.1, 0.15) is 56.8 Å². The van der Waals surface area contributed by atoms with Gasteiger partial charge in [0.15, 0.2) is 0 Å². The number of carbonyl (C=O) groups is 4. The zero-order valence-electron chi connectivity index (χ0n) is 22.3. The lowest BCUT2D eigenvalue weighted by Gasteiger charge is -2.31. The van der Waals surface area contributed by atoms with Gasteiger partial charge in [0.2, 0.25) is 17.6 Å². The molecule has 1 aliphatic rings. The van der Waals surface area contributed by atoms with Gasteiger partial charge in [-0.3, -0.25) is 14.4 Å². The predicted molar refractivity (Wildman–Crippen MR) is 136 cm³/mol. The number of benzene rings is 1. The number of Topliss-reactive ketones (excluding diaryl/α,β-unsaturated/α-hetero) is 1. The van der Waals surface area contributed by atoms with Gasteiger partial charge in [-0.25, -0.2) is 9.59 Å². The van der Waals surface area contributed by atoms with Crippen LogP contribution in [0.5, 0.6) is 0 Å². The molecule has 2 heterocycles. The van der Waals surface area contributed by atoms with Gasteiger partial charge in [-0.05, 0) is 30.2 Å². The third-order valence-electron chi connectivity index (χ3n) is 6.47. The highest BCUT2D eigenvalue weighted by Gasteiger charge is 2.40. The van der Waals surface area contributed by atoms with Gasteiger partial charge in [0.25, 0.3) is 5.89 Å². The van der Waals surface area contributed by atoms with Crippen LogP contribution in [-0.4, -0.2) is 70.2 Å². The highest BCUT2D eigenvalue weighted by Crippen LogP contribution is 2.21. The van der Waals surface area contributed by atoms with Crippen molar-refractivity contribution in [1.82, 2.24) is 25.3 Å². The second kappa shape index (κ2) is 12.5. The fourth-order valence-electron chi connectivity index (χ4n) is 4.36. The van der Waals surface area contributed by atoms with E-state index in [0.717, 1.165) is 10.2 Å². The Balaban J connectivity index is 1.75. The Morgan fingerprint density at radius 2 is 1.71 bits per heavy atom. The topological polar surface area (TPSA) is 153 Å². The van der Waals surface area contributed by atoms with E-state index >= 15 is 0 Å². The SMILES string of the molecule is COC(=O)N[C@H](C(=O)N1CCC[C@H]1C(=O)NC(C(=O)c1nn(Cc2ccccc2)c(=O)o1)C(C)C)C(C)C. The quantitative estimate of drug-likeness (QED) is 0.440. The first-order valence-corrected chi connectivity index (χ1v) is 12.6. The monoisotopic (exact) mass is 529 g/mol. The Morgan fingerprint density at radius 1 is 1.05 bits per heavy atom. The normalized spacial score (nSPS) is 16.8. The maximum absolute atomic E-state index is 13.3. The maximum atomic E-state index is 13.3. The van der Waals surface area contributed by atoms with Crippen molar-refractivity contribution in [3.8, 4) is 0 Å². The highest BCUT2D eigenvalue weighted by atomic mass is 16.5. The molecule has 0 aliphatic carbocycles. The zero-order chi connectivity index (χ0) is 28.0. The number of alkyl carbamates (subject to hydrolysis) is 1. The third-order valence-corrected chi connectivity index (χ3v) is 6.47. The second-order valence-electron chi connectivity index (χ2n) is 9.96. The van der Waals surface area contributed by atoms with Crippen LogP contribution >= 0.6 is 0 Å². The lowest BCUT2D eigenvalue weighted by Crippen LogP contribution is -2.57. The maximum Gasteiger partial charge on any atom is 0.437 e. The van der Waals surface area contributed by atoms with E-state index in [9.17, 15) is 24.0 Å². The molecule has 2 N–H and O–H groups in total. The first-order chi connectivity index (χ1) is 18.0. The molecule has 1 aromatic carbocycles. The van der Waals surface area contributed by atoms with Crippen molar-refractivity contribution in [3.63, 3.8) is 0 Å². The molecule has 3 rings (SSSR count). The van der Waals surface area contributed by atoms with Crippen molar-refractivity contribution in [3.05, 3.63) is 52.3 Å². The van der Waals surface area contributed by atoms with E-state index in [1.807, 2.05) is 30.3 Å². The number of methoxy groups -OCH3 is 1. The van der Waals surface area contributed by atoms with Crippen molar-refractivity contribution >= 4 is 23.7 Å². The van der Waals surface area contributed by atoms with Crippen molar-refractivity contribution < 1.29 is 28.3 Å². The Labute approximate surface area is 220 Å². The minimum absolute atomic E-state index is 0.130. The molecule has 1 saturated heterocycles. The van der Waals surface area contributed by atoms with Gasteiger partial charge >= 0.3 is 11.8 Å². The molecule has 3 amide bonds. The standard InChI is InChI=1S/C26H35N5O7/c1-15(2)19(21(32)23-29-31(26(36)38-23)14-17-10-7-6-8-11-17)27-22(33)18-12-9-13-30(18)24(34)20(16(3)4)28-25(35)37-5/h6-8,10-11,15-16,18-20H,9,12-14H2,1-5H3,(H,27,33)(H,28,35)/t18-,19?,20-/m0/s1. The summed E-state index contributed by atoms with van der Waals surface area (Å²) in [5.74, 6) is -3.32. The lowest BCUT2D eigenvalue weighted by atomic mass is 9.98. The molecular formula is C26H35N5O7. The number of nitrogens with one attached hydrogen (secondary N) is 2. The van der Waals surface area contributed by atoms with Crippen LogP contribution in [0.15, 0.2) is 39.5 Å². The molecule has 1 fully saturated rings. The van der Waals surface area contributed by atoms with Gasteiger partial charge in [0, 0.05) is 6.54 Å². The molecule has 1 unspecified atom stereocenters. The van der Waals surface area contributed by atoms with Gasteiger partial charge in [0.05, 0.1) is 19.7 Å². The van der Waals surface area contributed by atoms with Gasteiger partial charge in [0.1, 0.15) is 12.1 Å². The van der Waals surface area contributed by atoms with Crippen LogP contribution in [0.3, 0.4) is 0 Å². The summed E-state index contributed by atoms with van der Waals surface area (Å²) >= 11 is 0. The molecule has 0 bridgehead atoms. The first-order valence-electron chi connectivity index (χ1n) is 12.6. The van der Waals surface area contributed by atoms with Crippen LogP contribution in [0.2, 0.25) is 0 Å². The number of likely N-dealkylation sites (tertiary alicyclic amines) is 1. The van der Waals surface area contributed by atoms with Crippen molar-refractivity contribution in [2.75, 3.05) is 13.7 Å². The average molecular weight is 530 g/mol. The number of hydrogen-bond acceptors (Lipinski definition) is 8. The fraction of sp³-hybridized carbons (Fsp3) is 0.538. The van der Waals surface area contributed by atoms with Gasteiger partial charge < -0.3 is 24.7 Å². The van der Waals surface area contributed by atoms with Crippen molar-refractivity contribution in [2.45, 2.75) is 65.2 Å². The molecule has 2 aromatic rings. The molecule has 12 nitrogen and oxygen atoms in total. The van der Waals surface area contributed by atoms with E-state index < -0.39 is 53.5 Å². The molecule has 0 saturated carbocycles. The summed E-state index contributed by atoms with van der Waals surface area (Å²) in [5, 5.41) is 9.32. The number of rotatable bonds is 10. The number of ketones is 1. The Morgan fingerprint density at radius 3 is 2.32 bits per heavy atom. The zero-order valence-corrected chi connectivity index (χ0v) is 22.3. The first kappa shape index (κ1) is 28.6. The largest absolute Gasteiger partial charge is 0.453 e. The Kier molecular flexibility index (Phi) is 9.43. The number of amides is 3. The highest BCUT2D eigenvalue weighted by molar-refractivity contribution is 6.00. The van der Waals surface area contributed by atoms with Crippen molar-refractivity contribution in [2.24, 2.45) is 11.8 Å². The average Bonchev–Trinajstić information content (AvgIpc) is 3.52. The molecule has 12 heteroatoms. The summed E-state index contributed by atoms with van der Waals surface area (Å²) in [6, 6.07) is 6.40. The molecule has 0 spiro atoms. The van der Waals surface area contributed by atoms with Gasteiger partial charge in [-0.15, -0.1) is 5.10 Å². The fourth-order valence-corrected chi connectivity index (χ4v) is 4.36. The number of hydrogen-bond donors (Lipinski definition) is 2. The van der Waals surface area contributed by atoms with E-state index in [4.69, 9.17) is 4.42 Å². The van der Waals surface area contributed by atoms with Crippen LogP contribution in [0.25, 0.3) is 0 Å². The lowest BCUT2D eigenvalue weighted by molar-refractivity contribution is -0.141. The van der Waals surface area contributed by atoms with Gasteiger partial charge in [-0.2, -0.15) is 4.68 Å². The summed E-state index contributed by atoms with van der Waals surface area (Å²) in [6.45, 7) is 7.51. The van der Waals surface area contributed by atoms with Crippen LogP contribution in [0, 0.1) is 11.8 Å². The molecule has 0 radical (unpaired) electrons. The molecule has 3 atom stereocenters. The van der Waals surface area contributed by atoms with E-state index in [1.165, 1.54) is 12.0 Å². The van der Waals surface area contributed by atoms with E-state index in [1.54, 1.807) is 27.7 Å². The number of carbonyl (C=O) groups excluding carboxylic acids is 4.